The molecule has 0 amide bonds. The van der Waals surface area contributed by atoms with Crippen LogP contribution in [0.3, 0.4) is 0 Å². The van der Waals surface area contributed by atoms with Crippen molar-refractivity contribution in [2.24, 2.45) is 0 Å². The monoisotopic (exact) mass is 194 g/mol. The highest BCUT2D eigenvalue weighted by molar-refractivity contribution is 5.89. The number of rotatable bonds is 3. The Labute approximate surface area is 83.6 Å². The maximum atomic E-state index is 11.2. The lowest BCUT2D eigenvalue weighted by atomic mass is 10.1. The summed E-state index contributed by atoms with van der Waals surface area (Å²) in [5.74, 6) is 0.390. The Kier molecular flexibility index (Phi) is 3.51. The van der Waals surface area contributed by atoms with Crippen molar-refractivity contribution in [3.63, 3.8) is 0 Å². The van der Waals surface area contributed by atoms with Gasteiger partial charge in [-0.15, -0.1) is 0 Å². The summed E-state index contributed by atoms with van der Waals surface area (Å²) >= 11 is 0. The van der Waals surface area contributed by atoms with Gasteiger partial charge in [-0.25, -0.2) is 4.79 Å². The quantitative estimate of drug-likeness (QED) is 0.691. The predicted molar refractivity (Wildman–Crippen MR) is 53.7 cm³/mol. The van der Waals surface area contributed by atoms with Crippen LogP contribution in [0.2, 0.25) is 0 Å². The van der Waals surface area contributed by atoms with Crippen LogP contribution in [0.5, 0.6) is 5.75 Å². The van der Waals surface area contributed by atoms with Crippen LogP contribution < -0.4 is 4.74 Å². The first-order valence-electron chi connectivity index (χ1n) is 4.48. The molecule has 0 saturated carbocycles. The average Bonchev–Trinajstić information content (AvgIpc) is 2.26. The van der Waals surface area contributed by atoms with E-state index >= 15 is 0 Å². The molecule has 14 heavy (non-hydrogen) atoms. The van der Waals surface area contributed by atoms with Gasteiger partial charge in [-0.05, 0) is 24.1 Å². The highest BCUT2D eigenvalue weighted by Crippen LogP contribution is 2.20. The molecule has 0 fully saturated rings. The Morgan fingerprint density at radius 2 is 2.07 bits per heavy atom. The van der Waals surface area contributed by atoms with Crippen molar-refractivity contribution >= 4 is 5.97 Å². The fourth-order valence-electron chi connectivity index (χ4n) is 1.28. The molecule has 1 aromatic rings. The zero-order chi connectivity index (χ0) is 10.6. The summed E-state index contributed by atoms with van der Waals surface area (Å²) in [5.41, 5.74) is 1.60. The van der Waals surface area contributed by atoms with Crippen LogP contribution in [0.25, 0.3) is 0 Å². The van der Waals surface area contributed by atoms with E-state index < -0.39 is 0 Å². The molecule has 0 aromatic heterocycles. The molecule has 76 valence electrons. The average molecular weight is 194 g/mol. The molecule has 0 N–H and O–H groups in total. The molecule has 0 heterocycles. The minimum atomic E-state index is -0.342. The van der Waals surface area contributed by atoms with Crippen LogP contribution in [0.4, 0.5) is 0 Å². The van der Waals surface area contributed by atoms with Crippen LogP contribution in [0, 0.1) is 0 Å². The maximum Gasteiger partial charge on any atom is 0.337 e. The number of benzene rings is 1. The van der Waals surface area contributed by atoms with Gasteiger partial charge >= 0.3 is 5.97 Å². The van der Waals surface area contributed by atoms with Crippen molar-refractivity contribution in [3.05, 3.63) is 29.3 Å². The molecule has 0 aliphatic carbocycles. The van der Waals surface area contributed by atoms with Crippen molar-refractivity contribution < 1.29 is 14.3 Å². The van der Waals surface area contributed by atoms with Gasteiger partial charge in [0.15, 0.2) is 0 Å². The van der Waals surface area contributed by atoms with E-state index in [4.69, 9.17) is 4.74 Å². The summed E-state index contributed by atoms with van der Waals surface area (Å²) in [4.78, 5) is 11.2. The highest BCUT2D eigenvalue weighted by atomic mass is 16.5. The highest BCUT2D eigenvalue weighted by Gasteiger charge is 2.08. The molecule has 0 aliphatic rings. The van der Waals surface area contributed by atoms with Crippen LogP contribution in [-0.4, -0.2) is 20.2 Å². The van der Waals surface area contributed by atoms with Crippen molar-refractivity contribution in [2.45, 2.75) is 13.3 Å². The van der Waals surface area contributed by atoms with Crippen LogP contribution in [0.15, 0.2) is 18.2 Å². The van der Waals surface area contributed by atoms with Gasteiger partial charge in [-0.2, -0.15) is 0 Å². The zero-order valence-corrected chi connectivity index (χ0v) is 8.66. The lowest BCUT2D eigenvalue weighted by molar-refractivity contribution is 0.0600. The van der Waals surface area contributed by atoms with E-state index in [2.05, 4.69) is 4.74 Å². The third-order valence-electron chi connectivity index (χ3n) is 2.09. The summed E-state index contributed by atoms with van der Waals surface area (Å²) in [6.45, 7) is 2.04. The molecule has 0 atom stereocenters. The Morgan fingerprint density at radius 1 is 1.36 bits per heavy atom. The van der Waals surface area contributed by atoms with Gasteiger partial charge in [0.2, 0.25) is 0 Å². The summed E-state index contributed by atoms with van der Waals surface area (Å²) in [7, 11) is 2.96. The predicted octanol–water partition coefficient (Wildman–Crippen LogP) is 2.04. The van der Waals surface area contributed by atoms with Crippen molar-refractivity contribution in [1.29, 1.82) is 0 Å². The minimum absolute atomic E-state index is 0.342. The number of hydrogen-bond donors (Lipinski definition) is 0. The van der Waals surface area contributed by atoms with E-state index in [0.717, 1.165) is 17.7 Å². The number of ether oxygens (including phenoxy) is 2. The molecule has 3 heteroatoms. The van der Waals surface area contributed by atoms with E-state index in [0.29, 0.717) is 5.56 Å². The number of esters is 1. The number of carbonyl (C=O) groups excluding carboxylic acids is 1. The lowest BCUT2D eigenvalue weighted by Crippen LogP contribution is -2.02. The molecule has 1 aromatic carbocycles. The fourth-order valence-corrected chi connectivity index (χ4v) is 1.28. The Morgan fingerprint density at radius 3 is 2.57 bits per heavy atom. The molecule has 3 nitrogen and oxygen atoms in total. The van der Waals surface area contributed by atoms with Gasteiger partial charge < -0.3 is 9.47 Å². The molecule has 0 spiro atoms. The Hall–Kier alpha value is -1.51. The smallest absolute Gasteiger partial charge is 0.337 e. The molecule has 0 radical (unpaired) electrons. The summed E-state index contributed by atoms with van der Waals surface area (Å²) in [6.07, 6.45) is 0.880. The number of carbonyl (C=O) groups is 1. The first-order chi connectivity index (χ1) is 6.72. The van der Waals surface area contributed by atoms with Gasteiger partial charge in [-0.3, -0.25) is 0 Å². The van der Waals surface area contributed by atoms with Crippen LogP contribution in [0.1, 0.15) is 22.8 Å². The topological polar surface area (TPSA) is 35.5 Å². The lowest BCUT2D eigenvalue weighted by Gasteiger charge is -2.07. The second-order valence-corrected chi connectivity index (χ2v) is 2.87. The Balaban J connectivity index is 3.07. The summed E-state index contributed by atoms with van der Waals surface area (Å²) in [6, 6.07) is 5.32. The maximum absolute atomic E-state index is 11.2. The van der Waals surface area contributed by atoms with Gasteiger partial charge in [-0.1, -0.05) is 13.0 Å². The largest absolute Gasteiger partial charge is 0.496 e. The van der Waals surface area contributed by atoms with Crippen molar-refractivity contribution in [2.75, 3.05) is 14.2 Å². The molecular weight excluding hydrogens is 180 g/mol. The second kappa shape index (κ2) is 4.65. The van der Waals surface area contributed by atoms with Crippen molar-refractivity contribution in [1.82, 2.24) is 0 Å². The van der Waals surface area contributed by atoms with E-state index in [1.807, 2.05) is 13.0 Å². The molecule has 0 aliphatic heterocycles. The van der Waals surface area contributed by atoms with Crippen LogP contribution >= 0.6 is 0 Å². The normalized spacial score (nSPS) is 9.64. The third-order valence-corrected chi connectivity index (χ3v) is 2.09. The standard InChI is InChI=1S/C11H14O3/c1-4-8-5-6-9(11(12)14-3)7-10(8)13-2/h5-7H,4H2,1-3H3. The van der Waals surface area contributed by atoms with Crippen LogP contribution in [-0.2, 0) is 11.2 Å². The molecule has 0 bridgehead atoms. The van der Waals surface area contributed by atoms with Gasteiger partial charge in [0.25, 0.3) is 0 Å². The van der Waals surface area contributed by atoms with E-state index in [1.165, 1.54) is 7.11 Å². The Bertz CT molecular complexity index is 331. The number of methoxy groups -OCH3 is 2. The van der Waals surface area contributed by atoms with Gasteiger partial charge in [0.1, 0.15) is 5.75 Å². The summed E-state index contributed by atoms with van der Waals surface area (Å²) in [5, 5.41) is 0. The first-order valence-corrected chi connectivity index (χ1v) is 4.48. The van der Waals surface area contributed by atoms with Gasteiger partial charge in [0.05, 0.1) is 19.8 Å². The first kappa shape index (κ1) is 10.6. The molecule has 1 rings (SSSR count). The fraction of sp³-hybridized carbons (Fsp3) is 0.364. The van der Waals surface area contributed by atoms with Gasteiger partial charge in [0, 0.05) is 0 Å². The zero-order valence-electron chi connectivity index (χ0n) is 8.66. The number of aryl methyl sites for hydroxylation is 1. The molecule has 0 unspecified atom stereocenters. The number of hydrogen-bond acceptors (Lipinski definition) is 3. The second-order valence-electron chi connectivity index (χ2n) is 2.87. The van der Waals surface area contributed by atoms with Crippen molar-refractivity contribution in [3.8, 4) is 5.75 Å². The summed E-state index contributed by atoms with van der Waals surface area (Å²) < 4.78 is 9.78. The molecule has 0 saturated heterocycles. The van der Waals surface area contributed by atoms with E-state index in [-0.39, 0.29) is 5.97 Å². The molecular formula is C11H14O3. The minimum Gasteiger partial charge on any atom is -0.496 e. The SMILES string of the molecule is CCc1ccc(C(=O)OC)cc1OC. The third kappa shape index (κ3) is 2.05. The van der Waals surface area contributed by atoms with E-state index in [1.54, 1.807) is 19.2 Å². The van der Waals surface area contributed by atoms with E-state index in [9.17, 15) is 4.79 Å².